The Morgan fingerprint density at radius 2 is 0.726 bits per heavy atom. The van der Waals surface area contributed by atoms with Gasteiger partial charge in [0.1, 0.15) is 0 Å². The summed E-state index contributed by atoms with van der Waals surface area (Å²) in [6.07, 6.45) is 1.92. The molecule has 0 atom stereocenters. The zero-order valence-electron chi connectivity index (χ0n) is 33.5. The monoisotopic (exact) mass is 792 g/mol. The van der Waals surface area contributed by atoms with Crippen LogP contribution in [0.2, 0.25) is 0 Å². The molecule has 0 fully saturated rings. The van der Waals surface area contributed by atoms with E-state index in [0.29, 0.717) is 17.5 Å². The van der Waals surface area contributed by atoms with Gasteiger partial charge in [0.15, 0.2) is 17.5 Å². The first kappa shape index (κ1) is 35.5. The molecule has 0 spiro atoms. The van der Waals surface area contributed by atoms with E-state index >= 15 is 0 Å². The first-order valence-corrected chi connectivity index (χ1v) is 20.8. The molecule has 0 saturated carbocycles. The fraction of sp³-hybridized carbons (Fsp3) is 0. The van der Waals surface area contributed by atoms with Gasteiger partial charge < -0.3 is 9.13 Å². The van der Waals surface area contributed by atoms with Crippen molar-refractivity contribution in [3.8, 4) is 67.9 Å². The van der Waals surface area contributed by atoms with E-state index in [4.69, 9.17) is 19.9 Å². The highest BCUT2D eigenvalue weighted by atomic mass is 15.0. The third kappa shape index (κ3) is 5.88. The Balaban J connectivity index is 1.05. The standard InChI is InChI=1S/C56H36N6/c1-3-17-37(18-4-1)43-33-34-57-52(53(43)62-50-31-13-9-27-46(50)47-28-10-14-32-51(47)62)39-21-15-22-40(35-39)55-58-54(38-19-5-2-6-20-38)59-56(60-55)41-23-16-24-42(36-41)61-48-29-11-7-25-44(48)45-26-8-12-30-49(45)61/h1-36H. The van der Waals surface area contributed by atoms with Gasteiger partial charge in [-0.05, 0) is 54.1 Å². The third-order valence-electron chi connectivity index (χ3n) is 11.8. The number of nitrogens with zero attached hydrogens (tertiary/aromatic N) is 6. The highest BCUT2D eigenvalue weighted by Gasteiger charge is 2.22. The topological polar surface area (TPSA) is 61.4 Å². The zero-order valence-corrected chi connectivity index (χ0v) is 33.5. The van der Waals surface area contributed by atoms with Crippen molar-refractivity contribution in [3.05, 3.63) is 219 Å². The molecule has 0 saturated heterocycles. The molecule has 0 bridgehead atoms. The van der Waals surface area contributed by atoms with Crippen LogP contribution in [0.15, 0.2) is 219 Å². The molecule has 0 N–H and O–H groups in total. The Bertz CT molecular complexity index is 3540. The summed E-state index contributed by atoms with van der Waals surface area (Å²) in [5.74, 6) is 1.78. The predicted molar refractivity (Wildman–Crippen MR) is 253 cm³/mol. The normalized spacial score (nSPS) is 11.5. The fourth-order valence-electron chi connectivity index (χ4n) is 9.05. The lowest BCUT2D eigenvalue weighted by Gasteiger charge is -2.18. The van der Waals surface area contributed by atoms with Crippen molar-refractivity contribution in [3.63, 3.8) is 0 Å². The molecule has 12 aromatic rings. The van der Waals surface area contributed by atoms with Gasteiger partial charge in [-0.3, -0.25) is 4.98 Å². The number of aromatic nitrogens is 6. The third-order valence-corrected chi connectivity index (χ3v) is 11.8. The van der Waals surface area contributed by atoms with Crippen LogP contribution in [0.25, 0.3) is 112 Å². The van der Waals surface area contributed by atoms with E-state index in [0.717, 1.165) is 72.5 Å². The molecule has 4 heterocycles. The van der Waals surface area contributed by atoms with Crippen molar-refractivity contribution >= 4 is 43.6 Å². The summed E-state index contributed by atoms with van der Waals surface area (Å²) in [4.78, 5) is 20.7. The smallest absolute Gasteiger partial charge is 0.164 e. The van der Waals surface area contributed by atoms with Crippen molar-refractivity contribution in [2.75, 3.05) is 0 Å². The van der Waals surface area contributed by atoms with Gasteiger partial charge in [0.25, 0.3) is 0 Å². The maximum absolute atomic E-state index is 5.24. The molecule has 0 unspecified atom stereocenters. The lowest BCUT2D eigenvalue weighted by atomic mass is 9.99. The number of rotatable bonds is 7. The van der Waals surface area contributed by atoms with Crippen molar-refractivity contribution in [2.24, 2.45) is 0 Å². The summed E-state index contributed by atoms with van der Waals surface area (Å²) in [6.45, 7) is 0. The maximum atomic E-state index is 5.24. The summed E-state index contributed by atoms with van der Waals surface area (Å²) in [5.41, 5.74) is 13.3. The Kier molecular flexibility index (Phi) is 8.38. The van der Waals surface area contributed by atoms with Crippen molar-refractivity contribution in [1.82, 2.24) is 29.1 Å². The minimum Gasteiger partial charge on any atom is -0.309 e. The molecule has 8 aromatic carbocycles. The van der Waals surface area contributed by atoms with Crippen LogP contribution in [0.3, 0.4) is 0 Å². The number of hydrogen-bond acceptors (Lipinski definition) is 4. The largest absolute Gasteiger partial charge is 0.309 e. The summed E-state index contributed by atoms with van der Waals surface area (Å²) in [7, 11) is 0. The lowest BCUT2D eigenvalue weighted by Crippen LogP contribution is -2.03. The van der Waals surface area contributed by atoms with Crippen LogP contribution in [0.5, 0.6) is 0 Å². The van der Waals surface area contributed by atoms with Gasteiger partial charge in [0.2, 0.25) is 0 Å². The van der Waals surface area contributed by atoms with E-state index in [1.807, 2.05) is 36.5 Å². The van der Waals surface area contributed by atoms with Gasteiger partial charge in [-0.15, -0.1) is 0 Å². The summed E-state index contributed by atoms with van der Waals surface area (Å²) < 4.78 is 4.70. The molecule has 12 rings (SSSR count). The van der Waals surface area contributed by atoms with Gasteiger partial charge in [-0.25, -0.2) is 15.0 Å². The van der Waals surface area contributed by atoms with Crippen molar-refractivity contribution in [2.45, 2.75) is 0 Å². The number of hydrogen-bond donors (Lipinski definition) is 0. The molecule has 290 valence electrons. The number of pyridine rings is 1. The molecule has 0 radical (unpaired) electrons. The second-order valence-electron chi connectivity index (χ2n) is 15.5. The van der Waals surface area contributed by atoms with Gasteiger partial charge >= 0.3 is 0 Å². The second-order valence-corrected chi connectivity index (χ2v) is 15.5. The zero-order chi connectivity index (χ0) is 41.0. The summed E-state index contributed by atoms with van der Waals surface area (Å²) in [5, 5.41) is 4.82. The van der Waals surface area contributed by atoms with Gasteiger partial charge in [-0.2, -0.15) is 0 Å². The molecular weight excluding hydrogens is 757 g/mol. The van der Waals surface area contributed by atoms with E-state index in [-0.39, 0.29) is 0 Å². The number of para-hydroxylation sites is 4. The Labute approximate surface area is 357 Å². The van der Waals surface area contributed by atoms with Crippen molar-refractivity contribution < 1.29 is 0 Å². The van der Waals surface area contributed by atoms with Crippen LogP contribution in [-0.2, 0) is 0 Å². The van der Waals surface area contributed by atoms with E-state index in [1.165, 1.54) is 21.5 Å². The van der Waals surface area contributed by atoms with Crippen LogP contribution in [0.1, 0.15) is 0 Å². The van der Waals surface area contributed by atoms with Crippen LogP contribution in [-0.4, -0.2) is 29.1 Å². The molecule has 0 aliphatic rings. The van der Waals surface area contributed by atoms with E-state index in [2.05, 4.69) is 191 Å². The molecule has 6 heteroatoms. The van der Waals surface area contributed by atoms with E-state index in [1.54, 1.807) is 0 Å². The molecule has 0 amide bonds. The Hall–Kier alpha value is -8.48. The predicted octanol–water partition coefficient (Wildman–Crippen LogP) is 13.8. The average Bonchev–Trinajstić information content (AvgIpc) is 3.87. The minimum atomic E-state index is 0.579. The first-order chi connectivity index (χ1) is 30.8. The highest BCUT2D eigenvalue weighted by molar-refractivity contribution is 6.11. The molecule has 4 aromatic heterocycles. The number of benzene rings is 8. The highest BCUT2D eigenvalue weighted by Crippen LogP contribution is 2.41. The Morgan fingerprint density at radius 3 is 1.29 bits per heavy atom. The Morgan fingerprint density at radius 1 is 0.306 bits per heavy atom. The van der Waals surface area contributed by atoms with Crippen LogP contribution >= 0.6 is 0 Å². The van der Waals surface area contributed by atoms with E-state index in [9.17, 15) is 0 Å². The SMILES string of the molecule is c1ccc(-c2nc(-c3cccc(-c4nccc(-c5ccccc5)c4-n4c5ccccc5c5ccccc54)c3)nc(-c3cccc(-n4c5ccccc5c5ccccc54)c3)n2)cc1. The maximum Gasteiger partial charge on any atom is 0.164 e. The second kappa shape index (κ2) is 14.7. The molecule has 0 aliphatic heterocycles. The van der Waals surface area contributed by atoms with Gasteiger partial charge in [-0.1, -0.05) is 164 Å². The van der Waals surface area contributed by atoms with Gasteiger partial charge in [0, 0.05) is 61.2 Å². The van der Waals surface area contributed by atoms with E-state index < -0.39 is 0 Å². The average molecular weight is 793 g/mol. The van der Waals surface area contributed by atoms with Crippen LogP contribution in [0.4, 0.5) is 0 Å². The number of fused-ring (bicyclic) bond motifs is 6. The molecule has 62 heavy (non-hydrogen) atoms. The summed E-state index contributed by atoms with van der Waals surface area (Å²) >= 11 is 0. The van der Waals surface area contributed by atoms with Crippen molar-refractivity contribution in [1.29, 1.82) is 0 Å². The minimum absolute atomic E-state index is 0.579. The quantitative estimate of drug-likeness (QED) is 0.161. The fourth-order valence-corrected chi connectivity index (χ4v) is 9.05. The lowest BCUT2D eigenvalue weighted by molar-refractivity contribution is 1.07. The summed E-state index contributed by atoms with van der Waals surface area (Å²) in [6, 6.07) is 74.2. The van der Waals surface area contributed by atoms with Crippen LogP contribution < -0.4 is 0 Å². The molecule has 0 aliphatic carbocycles. The van der Waals surface area contributed by atoms with Gasteiger partial charge in [0.05, 0.1) is 33.4 Å². The molecule has 6 nitrogen and oxygen atoms in total. The molecular formula is C56H36N6. The van der Waals surface area contributed by atoms with Crippen LogP contribution in [0, 0.1) is 0 Å². The first-order valence-electron chi connectivity index (χ1n) is 20.8.